The highest BCUT2D eigenvalue weighted by molar-refractivity contribution is 5.96. The van der Waals surface area contributed by atoms with Crippen LogP contribution in [0.5, 0.6) is 5.75 Å². The molecular weight excluding hydrogens is 368 g/mol. The van der Waals surface area contributed by atoms with E-state index in [0.29, 0.717) is 17.1 Å². The number of carbonyl (C=O) groups is 2. The van der Waals surface area contributed by atoms with Crippen LogP contribution in [-0.2, 0) is 11.3 Å². The van der Waals surface area contributed by atoms with E-state index in [1.165, 1.54) is 18.3 Å². The minimum atomic E-state index is -2.55. The SMILES string of the molecule is Cc1cc(CNC(=O)c2ccnc(NC(=O)C(C)C)c2)cc(OCC(F)F)c1. The van der Waals surface area contributed by atoms with Gasteiger partial charge in [-0.3, -0.25) is 9.59 Å². The van der Waals surface area contributed by atoms with Crippen LogP contribution in [0, 0.1) is 12.8 Å². The molecule has 1 aromatic carbocycles. The van der Waals surface area contributed by atoms with Gasteiger partial charge < -0.3 is 15.4 Å². The smallest absolute Gasteiger partial charge is 0.272 e. The molecule has 0 aliphatic carbocycles. The summed E-state index contributed by atoms with van der Waals surface area (Å²) in [5, 5.41) is 5.40. The lowest BCUT2D eigenvalue weighted by Crippen LogP contribution is -2.24. The quantitative estimate of drug-likeness (QED) is 0.721. The van der Waals surface area contributed by atoms with Gasteiger partial charge in [0.05, 0.1) is 0 Å². The van der Waals surface area contributed by atoms with E-state index in [1.54, 1.807) is 26.0 Å². The predicted octanol–water partition coefficient (Wildman–Crippen LogP) is 3.56. The fourth-order valence-corrected chi connectivity index (χ4v) is 2.36. The number of halogens is 2. The number of hydrogen-bond acceptors (Lipinski definition) is 4. The molecule has 2 aromatic rings. The van der Waals surface area contributed by atoms with Crippen molar-refractivity contribution in [3.8, 4) is 5.75 Å². The number of aromatic nitrogens is 1. The zero-order chi connectivity index (χ0) is 20.7. The van der Waals surface area contributed by atoms with Crippen molar-refractivity contribution in [1.82, 2.24) is 10.3 Å². The summed E-state index contributed by atoms with van der Waals surface area (Å²) in [6, 6.07) is 8.11. The molecular formula is C20H23F2N3O3. The van der Waals surface area contributed by atoms with Crippen LogP contribution in [-0.4, -0.2) is 29.8 Å². The molecule has 0 spiro atoms. The van der Waals surface area contributed by atoms with Crippen LogP contribution in [0.1, 0.15) is 35.3 Å². The molecule has 2 rings (SSSR count). The molecule has 0 aliphatic heterocycles. The van der Waals surface area contributed by atoms with Gasteiger partial charge in [-0.15, -0.1) is 0 Å². The van der Waals surface area contributed by atoms with Gasteiger partial charge in [-0.2, -0.15) is 0 Å². The molecule has 8 heteroatoms. The molecule has 0 aliphatic rings. The van der Waals surface area contributed by atoms with Crippen LogP contribution in [0.25, 0.3) is 0 Å². The molecule has 1 aromatic heterocycles. The number of ether oxygens (including phenoxy) is 1. The maximum Gasteiger partial charge on any atom is 0.272 e. The number of benzene rings is 1. The molecule has 0 saturated heterocycles. The van der Waals surface area contributed by atoms with Crippen LogP contribution < -0.4 is 15.4 Å². The lowest BCUT2D eigenvalue weighted by Gasteiger charge is -2.11. The summed E-state index contributed by atoms with van der Waals surface area (Å²) in [6.07, 6.45) is -1.12. The Morgan fingerprint density at radius 2 is 1.93 bits per heavy atom. The zero-order valence-corrected chi connectivity index (χ0v) is 16.0. The first-order valence-electron chi connectivity index (χ1n) is 8.81. The molecule has 0 saturated carbocycles. The van der Waals surface area contributed by atoms with Crippen molar-refractivity contribution >= 4 is 17.6 Å². The van der Waals surface area contributed by atoms with E-state index in [0.717, 1.165) is 11.1 Å². The van der Waals surface area contributed by atoms with E-state index in [9.17, 15) is 18.4 Å². The van der Waals surface area contributed by atoms with Gasteiger partial charge in [0.15, 0.2) is 0 Å². The van der Waals surface area contributed by atoms with Crippen molar-refractivity contribution in [2.75, 3.05) is 11.9 Å². The Morgan fingerprint density at radius 3 is 2.61 bits per heavy atom. The lowest BCUT2D eigenvalue weighted by molar-refractivity contribution is -0.118. The van der Waals surface area contributed by atoms with Crippen LogP contribution >= 0.6 is 0 Å². The monoisotopic (exact) mass is 391 g/mol. The number of carbonyl (C=O) groups excluding carboxylic acids is 2. The van der Waals surface area contributed by atoms with Crippen LogP contribution in [0.4, 0.5) is 14.6 Å². The molecule has 1 heterocycles. The maximum absolute atomic E-state index is 12.4. The molecule has 0 bridgehead atoms. The van der Waals surface area contributed by atoms with Gasteiger partial charge in [-0.25, -0.2) is 13.8 Å². The highest BCUT2D eigenvalue weighted by Gasteiger charge is 2.11. The molecule has 28 heavy (non-hydrogen) atoms. The van der Waals surface area contributed by atoms with Crippen molar-refractivity contribution in [3.05, 3.63) is 53.2 Å². The summed E-state index contributed by atoms with van der Waals surface area (Å²) in [4.78, 5) is 28.2. The van der Waals surface area contributed by atoms with E-state index in [1.807, 2.05) is 13.0 Å². The minimum absolute atomic E-state index is 0.193. The third-order valence-corrected chi connectivity index (χ3v) is 3.74. The Hall–Kier alpha value is -3.03. The number of pyridine rings is 1. The normalized spacial score (nSPS) is 10.8. The summed E-state index contributed by atoms with van der Waals surface area (Å²) in [6.45, 7) is 4.84. The van der Waals surface area contributed by atoms with Gasteiger partial charge in [0.1, 0.15) is 18.2 Å². The third kappa shape index (κ3) is 6.61. The molecule has 150 valence electrons. The number of aryl methyl sites for hydroxylation is 1. The molecule has 0 unspecified atom stereocenters. The van der Waals surface area contributed by atoms with Crippen LogP contribution in [0.2, 0.25) is 0 Å². The van der Waals surface area contributed by atoms with Crippen molar-refractivity contribution in [2.24, 2.45) is 5.92 Å². The van der Waals surface area contributed by atoms with E-state index in [4.69, 9.17) is 4.74 Å². The van der Waals surface area contributed by atoms with E-state index in [2.05, 4.69) is 15.6 Å². The minimum Gasteiger partial charge on any atom is -0.488 e. The summed E-state index contributed by atoms with van der Waals surface area (Å²) < 4.78 is 29.7. The van der Waals surface area contributed by atoms with Crippen LogP contribution in [0.3, 0.4) is 0 Å². The number of rotatable bonds is 8. The second kappa shape index (κ2) is 9.77. The Labute approximate surface area is 162 Å². The molecule has 2 amide bonds. The van der Waals surface area contributed by atoms with Gasteiger partial charge in [0.2, 0.25) is 5.91 Å². The third-order valence-electron chi connectivity index (χ3n) is 3.74. The zero-order valence-electron chi connectivity index (χ0n) is 16.0. The molecule has 2 N–H and O–H groups in total. The van der Waals surface area contributed by atoms with E-state index in [-0.39, 0.29) is 24.3 Å². The van der Waals surface area contributed by atoms with Crippen molar-refractivity contribution < 1.29 is 23.1 Å². The molecule has 0 radical (unpaired) electrons. The number of nitrogens with one attached hydrogen (secondary N) is 2. The average molecular weight is 391 g/mol. The Bertz CT molecular complexity index is 841. The summed E-state index contributed by atoms with van der Waals surface area (Å²) in [7, 11) is 0. The largest absolute Gasteiger partial charge is 0.488 e. The van der Waals surface area contributed by atoms with E-state index < -0.39 is 13.0 Å². The van der Waals surface area contributed by atoms with E-state index >= 15 is 0 Å². The Balaban J connectivity index is 2.01. The van der Waals surface area contributed by atoms with Crippen molar-refractivity contribution in [2.45, 2.75) is 33.7 Å². The summed E-state index contributed by atoms with van der Waals surface area (Å²) in [5.74, 6) is -0.126. The predicted molar refractivity (Wildman–Crippen MR) is 102 cm³/mol. The number of hydrogen-bond donors (Lipinski definition) is 2. The summed E-state index contributed by atoms with van der Waals surface area (Å²) in [5.41, 5.74) is 1.90. The molecule has 0 atom stereocenters. The Morgan fingerprint density at radius 1 is 1.18 bits per heavy atom. The highest BCUT2D eigenvalue weighted by atomic mass is 19.3. The van der Waals surface area contributed by atoms with Gasteiger partial charge in [0, 0.05) is 24.2 Å². The highest BCUT2D eigenvalue weighted by Crippen LogP contribution is 2.18. The first kappa shape index (κ1) is 21.3. The number of amides is 2. The average Bonchev–Trinajstić information content (AvgIpc) is 2.64. The van der Waals surface area contributed by atoms with Crippen molar-refractivity contribution in [3.63, 3.8) is 0 Å². The fourth-order valence-electron chi connectivity index (χ4n) is 2.36. The lowest BCUT2D eigenvalue weighted by atomic mass is 10.1. The topological polar surface area (TPSA) is 80.3 Å². The number of nitrogens with zero attached hydrogens (tertiary/aromatic N) is 1. The second-order valence-corrected chi connectivity index (χ2v) is 6.61. The first-order valence-corrected chi connectivity index (χ1v) is 8.81. The fraction of sp³-hybridized carbons (Fsp3) is 0.350. The van der Waals surface area contributed by atoms with Gasteiger partial charge in [-0.1, -0.05) is 19.9 Å². The van der Waals surface area contributed by atoms with Gasteiger partial charge in [-0.05, 0) is 42.3 Å². The second-order valence-electron chi connectivity index (χ2n) is 6.61. The van der Waals surface area contributed by atoms with Crippen LogP contribution in [0.15, 0.2) is 36.5 Å². The molecule has 6 nitrogen and oxygen atoms in total. The van der Waals surface area contributed by atoms with Gasteiger partial charge >= 0.3 is 0 Å². The summed E-state index contributed by atoms with van der Waals surface area (Å²) >= 11 is 0. The van der Waals surface area contributed by atoms with Gasteiger partial charge in [0.25, 0.3) is 12.3 Å². The Kier molecular flexibility index (Phi) is 7.43. The van der Waals surface area contributed by atoms with Crippen molar-refractivity contribution in [1.29, 1.82) is 0 Å². The molecule has 0 fully saturated rings. The number of alkyl halides is 2. The standard InChI is InChI=1S/C20H23F2N3O3/c1-12(2)19(26)25-18-9-15(4-5-23-18)20(27)24-10-14-6-13(3)7-16(8-14)28-11-17(21)22/h4-9,12,17H,10-11H2,1-3H3,(H,24,27)(H,23,25,26). The first-order chi connectivity index (χ1) is 13.2. The maximum atomic E-state index is 12.4. The number of anilines is 1.